The first kappa shape index (κ1) is 17.7. The molecule has 1 atom stereocenters. The number of hydrogen-bond acceptors (Lipinski definition) is 6. The minimum atomic E-state index is -0.782. The Balaban J connectivity index is 1.54. The molecule has 2 aromatic heterocycles. The molecule has 1 fully saturated rings. The summed E-state index contributed by atoms with van der Waals surface area (Å²) in [6.07, 6.45) is 1.98. The molecule has 27 heavy (non-hydrogen) atoms. The highest BCUT2D eigenvalue weighted by Gasteiger charge is 2.42. The van der Waals surface area contributed by atoms with Gasteiger partial charge >= 0.3 is 0 Å². The molecule has 1 aliphatic carbocycles. The Morgan fingerprint density at radius 3 is 2.89 bits per heavy atom. The monoisotopic (exact) mass is 380 g/mol. The van der Waals surface area contributed by atoms with Crippen molar-refractivity contribution in [2.75, 3.05) is 5.75 Å². The Morgan fingerprint density at radius 1 is 1.41 bits per heavy atom. The summed E-state index contributed by atoms with van der Waals surface area (Å²) in [7, 11) is 0. The summed E-state index contributed by atoms with van der Waals surface area (Å²) in [5, 5.41) is 22.2. The molecule has 1 aromatic carbocycles. The first-order valence-corrected chi connectivity index (χ1v) is 10.0. The van der Waals surface area contributed by atoms with Gasteiger partial charge in [-0.15, -0.1) is 10.2 Å². The van der Waals surface area contributed by atoms with E-state index >= 15 is 0 Å². The lowest BCUT2D eigenvalue weighted by Crippen LogP contribution is -2.47. The molecule has 0 spiro atoms. The van der Waals surface area contributed by atoms with Crippen LogP contribution in [0.4, 0.5) is 0 Å². The van der Waals surface area contributed by atoms with E-state index in [1.165, 1.54) is 11.8 Å². The fourth-order valence-corrected chi connectivity index (χ4v) is 3.99. The van der Waals surface area contributed by atoms with E-state index in [0.717, 1.165) is 41.5 Å². The quantitative estimate of drug-likeness (QED) is 0.661. The van der Waals surface area contributed by atoms with Gasteiger partial charge in [0.2, 0.25) is 11.1 Å². The molecule has 8 heteroatoms. The molecule has 1 saturated carbocycles. The highest BCUT2D eigenvalue weighted by molar-refractivity contribution is 7.99. The first-order valence-electron chi connectivity index (χ1n) is 9.02. The maximum atomic E-state index is 12.3. The lowest BCUT2D eigenvalue weighted by Gasteiger charge is -2.22. The minimum Gasteiger partial charge on any atom is -0.337 e. The third-order valence-electron chi connectivity index (χ3n) is 5.03. The molecular formula is C19H20N6OS. The Hall–Kier alpha value is -2.66. The number of nitrogens with one attached hydrogen (secondary N) is 1. The Bertz CT molecular complexity index is 1070. The Labute approximate surface area is 161 Å². The van der Waals surface area contributed by atoms with Gasteiger partial charge in [0.15, 0.2) is 5.65 Å². The van der Waals surface area contributed by atoms with Crippen molar-refractivity contribution in [1.82, 2.24) is 25.1 Å². The molecule has 0 unspecified atom stereocenters. The van der Waals surface area contributed by atoms with Crippen LogP contribution in [0.15, 0.2) is 29.4 Å². The van der Waals surface area contributed by atoms with Crippen molar-refractivity contribution in [2.24, 2.45) is 5.92 Å². The molecule has 1 amide bonds. The van der Waals surface area contributed by atoms with Gasteiger partial charge < -0.3 is 9.88 Å². The van der Waals surface area contributed by atoms with E-state index in [2.05, 4.69) is 38.1 Å². The lowest BCUT2D eigenvalue weighted by molar-refractivity contribution is -0.119. The maximum Gasteiger partial charge on any atom is 0.231 e. The van der Waals surface area contributed by atoms with Gasteiger partial charge in [-0.05, 0) is 38.7 Å². The third-order valence-corrected chi connectivity index (χ3v) is 5.87. The zero-order valence-electron chi connectivity index (χ0n) is 15.3. The molecule has 0 bridgehead atoms. The summed E-state index contributed by atoms with van der Waals surface area (Å²) in [6.45, 7) is 4.63. The second kappa shape index (κ2) is 6.82. The summed E-state index contributed by atoms with van der Waals surface area (Å²) >= 11 is 1.24. The number of hydrogen-bond donors (Lipinski definition) is 1. The van der Waals surface area contributed by atoms with Crippen LogP contribution < -0.4 is 5.32 Å². The van der Waals surface area contributed by atoms with Gasteiger partial charge in [-0.3, -0.25) is 4.79 Å². The van der Waals surface area contributed by atoms with Crippen LogP contribution in [0, 0.1) is 17.2 Å². The van der Waals surface area contributed by atoms with Crippen molar-refractivity contribution < 1.29 is 4.79 Å². The van der Waals surface area contributed by atoms with Gasteiger partial charge in [0, 0.05) is 11.9 Å². The molecule has 3 aromatic rings. The lowest BCUT2D eigenvalue weighted by atomic mass is 9.98. The van der Waals surface area contributed by atoms with Crippen molar-refractivity contribution in [3.63, 3.8) is 0 Å². The van der Waals surface area contributed by atoms with E-state index in [1.54, 1.807) is 6.92 Å². The van der Waals surface area contributed by atoms with Gasteiger partial charge in [-0.25, -0.2) is 4.98 Å². The number of benzene rings is 1. The van der Waals surface area contributed by atoms with E-state index in [4.69, 9.17) is 0 Å². The number of nitriles is 1. The fraction of sp³-hybridized carbons (Fsp3) is 0.421. The van der Waals surface area contributed by atoms with Crippen molar-refractivity contribution in [1.29, 1.82) is 5.26 Å². The number of rotatable bonds is 6. The van der Waals surface area contributed by atoms with E-state index < -0.39 is 5.54 Å². The average Bonchev–Trinajstić information content (AvgIpc) is 3.49. The molecule has 2 heterocycles. The molecule has 1 aliphatic rings. The topological polar surface area (TPSA) is 96.5 Å². The molecule has 138 valence electrons. The first-order chi connectivity index (χ1) is 13.1. The van der Waals surface area contributed by atoms with Gasteiger partial charge in [0.25, 0.3) is 0 Å². The molecule has 0 radical (unpaired) electrons. The van der Waals surface area contributed by atoms with Crippen LogP contribution in [0.1, 0.15) is 26.7 Å². The third kappa shape index (κ3) is 3.23. The molecule has 0 aliphatic heterocycles. The smallest absolute Gasteiger partial charge is 0.231 e. The normalized spacial score (nSPS) is 16.2. The predicted octanol–water partition coefficient (Wildman–Crippen LogP) is 2.90. The minimum absolute atomic E-state index is 0.156. The molecule has 1 N–H and O–H groups in total. The number of thioether (sulfide) groups is 1. The number of amides is 1. The van der Waals surface area contributed by atoms with Crippen LogP contribution in [0.25, 0.3) is 22.1 Å². The summed E-state index contributed by atoms with van der Waals surface area (Å²) < 4.78 is 2.10. The summed E-state index contributed by atoms with van der Waals surface area (Å²) in [5.41, 5.74) is 1.84. The standard InChI is InChI=1S/C19H20N6OS/c1-3-25-14-7-5-4-6-13(14)16-17(25)21-18(24-23-16)27-10-15(26)22-19(2,11-20)12-8-9-12/h4-7,12H,3,8-10H2,1-2H3,(H,22,26)/t19-/m0/s1. The Kier molecular flexibility index (Phi) is 4.48. The van der Waals surface area contributed by atoms with E-state index in [-0.39, 0.29) is 17.6 Å². The van der Waals surface area contributed by atoms with Crippen molar-refractivity contribution in [2.45, 2.75) is 43.9 Å². The second-order valence-corrected chi connectivity index (χ2v) is 7.90. The number of para-hydroxylation sites is 1. The van der Waals surface area contributed by atoms with Crippen LogP contribution in [0.5, 0.6) is 0 Å². The number of carbonyl (C=O) groups excluding carboxylic acids is 1. The van der Waals surface area contributed by atoms with E-state index in [9.17, 15) is 10.1 Å². The van der Waals surface area contributed by atoms with Crippen molar-refractivity contribution in [3.05, 3.63) is 24.3 Å². The molecular weight excluding hydrogens is 360 g/mol. The van der Waals surface area contributed by atoms with E-state index in [1.807, 2.05) is 24.3 Å². The van der Waals surface area contributed by atoms with Crippen LogP contribution >= 0.6 is 11.8 Å². The Morgan fingerprint density at radius 2 is 2.19 bits per heavy atom. The van der Waals surface area contributed by atoms with Gasteiger partial charge in [0.1, 0.15) is 11.1 Å². The number of fused-ring (bicyclic) bond motifs is 3. The van der Waals surface area contributed by atoms with Crippen LogP contribution in [-0.4, -0.2) is 36.9 Å². The number of nitrogens with zero attached hydrogens (tertiary/aromatic N) is 5. The average molecular weight is 380 g/mol. The summed E-state index contributed by atoms with van der Waals surface area (Å²) in [4.78, 5) is 16.9. The number of aryl methyl sites for hydroxylation is 1. The second-order valence-electron chi connectivity index (χ2n) is 6.95. The largest absolute Gasteiger partial charge is 0.337 e. The van der Waals surface area contributed by atoms with Gasteiger partial charge in [0.05, 0.1) is 17.3 Å². The van der Waals surface area contributed by atoms with Crippen molar-refractivity contribution in [3.8, 4) is 6.07 Å². The van der Waals surface area contributed by atoms with Gasteiger partial charge in [-0.1, -0.05) is 30.0 Å². The molecule has 0 saturated heterocycles. The zero-order valence-corrected chi connectivity index (χ0v) is 16.1. The fourth-order valence-electron chi connectivity index (χ4n) is 3.41. The van der Waals surface area contributed by atoms with E-state index in [0.29, 0.717) is 5.16 Å². The van der Waals surface area contributed by atoms with Crippen LogP contribution in [-0.2, 0) is 11.3 Å². The SMILES string of the molecule is CCn1c2ccccc2c2nnc(SCC(=O)N[C@@](C)(C#N)C3CC3)nc21. The zero-order chi connectivity index (χ0) is 19.0. The predicted molar refractivity (Wildman–Crippen MR) is 104 cm³/mol. The van der Waals surface area contributed by atoms with Crippen LogP contribution in [0.3, 0.4) is 0 Å². The highest BCUT2D eigenvalue weighted by Crippen LogP contribution is 2.39. The summed E-state index contributed by atoms with van der Waals surface area (Å²) in [6, 6.07) is 10.3. The molecule has 7 nitrogen and oxygen atoms in total. The number of aromatic nitrogens is 4. The van der Waals surface area contributed by atoms with Gasteiger partial charge in [-0.2, -0.15) is 5.26 Å². The van der Waals surface area contributed by atoms with Crippen molar-refractivity contribution >= 4 is 39.7 Å². The highest BCUT2D eigenvalue weighted by atomic mass is 32.2. The van der Waals surface area contributed by atoms with Crippen LogP contribution in [0.2, 0.25) is 0 Å². The summed E-state index contributed by atoms with van der Waals surface area (Å²) in [5.74, 6) is 0.227. The number of carbonyl (C=O) groups is 1. The maximum absolute atomic E-state index is 12.3. The molecule has 4 rings (SSSR count).